The molecule has 1 aliphatic heterocycles. The van der Waals surface area contributed by atoms with Gasteiger partial charge in [-0.25, -0.2) is 9.78 Å². The number of rotatable bonds is 7. The fraction of sp³-hybridized carbons (Fsp3) is 0.412. The van der Waals surface area contributed by atoms with Gasteiger partial charge in [-0.3, -0.25) is 9.79 Å². The van der Waals surface area contributed by atoms with E-state index in [9.17, 15) is 22.8 Å². The zero-order chi connectivity index (χ0) is 21.8. The number of aliphatic carboxylic acids is 1. The third-order valence-electron chi connectivity index (χ3n) is 3.94. The van der Waals surface area contributed by atoms with E-state index in [2.05, 4.69) is 20.0 Å². The number of carbonyl (C=O) groups excluding carboxylic acids is 1. The molecular formula is C17H18ClF3N4O4. The Morgan fingerprint density at radius 1 is 1.45 bits per heavy atom. The standard InChI is InChI=1S/C17H18ClF3N4O4/c1-3-14(26)24-13-5-12(16(27)28)23-8-25(13)9(2)10-4-11(18)15(22-6-10)29-7-17(19,20)21/h4-6,9H,3,7-8H2,1-2H3,(H,24,26)(H,27,28). The normalized spacial score (nSPS) is 15.3. The van der Waals surface area contributed by atoms with Crippen molar-refractivity contribution in [3.8, 4) is 5.88 Å². The van der Waals surface area contributed by atoms with Gasteiger partial charge < -0.3 is 20.1 Å². The highest BCUT2D eigenvalue weighted by atomic mass is 35.5. The predicted molar refractivity (Wildman–Crippen MR) is 97.5 cm³/mol. The Hall–Kier alpha value is -2.82. The lowest BCUT2D eigenvalue weighted by atomic mass is 10.1. The highest BCUT2D eigenvalue weighted by molar-refractivity contribution is 6.40. The number of halogens is 4. The van der Waals surface area contributed by atoms with Crippen molar-refractivity contribution in [1.82, 2.24) is 15.2 Å². The number of hydrogen-bond donors (Lipinski definition) is 2. The Morgan fingerprint density at radius 2 is 2.14 bits per heavy atom. The van der Waals surface area contributed by atoms with Crippen molar-refractivity contribution >= 4 is 29.2 Å². The number of hydrogen-bond acceptors (Lipinski definition) is 6. The molecule has 1 unspecified atom stereocenters. The molecule has 0 spiro atoms. The number of alkyl halides is 3. The molecule has 8 nitrogen and oxygen atoms in total. The summed E-state index contributed by atoms with van der Waals surface area (Å²) < 4.78 is 41.4. The Balaban J connectivity index is 2.24. The van der Waals surface area contributed by atoms with Gasteiger partial charge in [0, 0.05) is 18.7 Å². The number of carboxylic acid groups (broad SMARTS) is 1. The quantitative estimate of drug-likeness (QED) is 0.683. The van der Waals surface area contributed by atoms with Crippen molar-refractivity contribution < 1.29 is 32.6 Å². The van der Waals surface area contributed by atoms with Crippen LogP contribution in [0.2, 0.25) is 5.02 Å². The second kappa shape index (κ2) is 9.12. The van der Waals surface area contributed by atoms with E-state index in [0.717, 1.165) is 0 Å². The molecule has 0 saturated heterocycles. The summed E-state index contributed by atoms with van der Waals surface area (Å²) in [5.74, 6) is -1.70. The largest absolute Gasteiger partial charge is 0.477 e. The number of pyridine rings is 1. The van der Waals surface area contributed by atoms with E-state index >= 15 is 0 Å². The van der Waals surface area contributed by atoms with Crippen LogP contribution in [0.1, 0.15) is 31.9 Å². The molecule has 29 heavy (non-hydrogen) atoms. The summed E-state index contributed by atoms with van der Waals surface area (Å²) in [7, 11) is 0. The van der Waals surface area contributed by atoms with Crippen LogP contribution in [0, 0.1) is 0 Å². The number of nitrogens with zero attached hydrogens (tertiary/aromatic N) is 3. The fourth-order valence-electron chi connectivity index (χ4n) is 2.39. The van der Waals surface area contributed by atoms with E-state index in [0.29, 0.717) is 5.56 Å². The summed E-state index contributed by atoms with van der Waals surface area (Å²) in [6.07, 6.45) is -1.83. The first kappa shape index (κ1) is 22.5. The summed E-state index contributed by atoms with van der Waals surface area (Å²) in [6.45, 7) is 1.77. The van der Waals surface area contributed by atoms with Crippen LogP contribution in [0.25, 0.3) is 0 Å². The van der Waals surface area contributed by atoms with Crippen LogP contribution in [0.5, 0.6) is 5.88 Å². The van der Waals surface area contributed by atoms with Gasteiger partial charge in [0.05, 0.1) is 6.04 Å². The van der Waals surface area contributed by atoms with Crippen molar-refractivity contribution in [2.24, 2.45) is 4.99 Å². The van der Waals surface area contributed by atoms with Gasteiger partial charge in [-0.1, -0.05) is 18.5 Å². The number of nitrogens with one attached hydrogen (secondary N) is 1. The highest BCUT2D eigenvalue weighted by Gasteiger charge is 2.30. The molecule has 2 heterocycles. The molecule has 0 bridgehead atoms. The minimum atomic E-state index is -4.53. The van der Waals surface area contributed by atoms with Gasteiger partial charge in [-0.15, -0.1) is 0 Å². The topological polar surface area (TPSA) is 104 Å². The second-order valence-corrected chi connectivity index (χ2v) is 6.43. The van der Waals surface area contributed by atoms with Gasteiger partial charge in [0.2, 0.25) is 11.8 Å². The molecular weight excluding hydrogens is 417 g/mol. The van der Waals surface area contributed by atoms with Gasteiger partial charge in [0.15, 0.2) is 6.61 Å². The molecule has 0 aromatic carbocycles. The number of carbonyl (C=O) groups is 2. The molecule has 158 valence electrons. The number of aliphatic imine (C=N–C) groups is 1. The van der Waals surface area contributed by atoms with Gasteiger partial charge >= 0.3 is 12.1 Å². The maximum absolute atomic E-state index is 12.3. The molecule has 0 fully saturated rings. The summed E-state index contributed by atoms with van der Waals surface area (Å²) in [4.78, 5) is 32.4. The van der Waals surface area contributed by atoms with Crippen molar-refractivity contribution in [2.45, 2.75) is 32.5 Å². The van der Waals surface area contributed by atoms with E-state index < -0.39 is 24.8 Å². The third-order valence-corrected chi connectivity index (χ3v) is 4.21. The van der Waals surface area contributed by atoms with Crippen molar-refractivity contribution in [2.75, 3.05) is 13.3 Å². The fourth-order valence-corrected chi connectivity index (χ4v) is 2.62. The Morgan fingerprint density at radius 3 is 2.69 bits per heavy atom. The number of carboxylic acids is 1. The average molecular weight is 435 g/mol. The zero-order valence-electron chi connectivity index (χ0n) is 15.5. The van der Waals surface area contributed by atoms with Crippen molar-refractivity contribution in [1.29, 1.82) is 0 Å². The second-order valence-electron chi connectivity index (χ2n) is 6.03. The van der Waals surface area contributed by atoms with Gasteiger partial charge in [-0.05, 0) is 18.6 Å². The summed E-state index contributed by atoms with van der Waals surface area (Å²) in [6, 6.07) is 0.903. The van der Waals surface area contributed by atoms with Crippen LogP contribution in [0.4, 0.5) is 13.2 Å². The van der Waals surface area contributed by atoms with Crippen LogP contribution in [-0.4, -0.2) is 52.0 Å². The zero-order valence-corrected chi connectivity index (χ0v) is 16.2. The summed E-state index contributed by atoms with van der Waals surface area (Å²) in [5, 5.41) is 11.6. The summed E-state index contributed by atoms with van der Waals surface area (Å²) >= 11 is 5.99. The van der Waals surface area contributed by atoms with Gasteiger partial charge in [-0.2, -0.15) is 13.2 Å². The Bertz CT molecular complexity index is 858. The molecule has 1 atom stereocenters. The van der Waals surface area contributed by atoms with E-state index in [-0.39, 0.29) is 41.4 Å². The Kier molecular flexibility index (Phi) is 7.07. The number of aromatic nitrogens is 1. The van der Waals surface area contributed by atoms with E-state index in [1.165, 1.54) is 18.3 Å². The first-order valence-electron chi connectivity index (χ1n) is 8.42. The predicted octanol–water partition coefficient (Wildman–Crippen LogP) is 2.90. The average Bonchev–Trinajstić information content (AvgIpc) is 2.65. The maximum Gasteiger partial charge on any atom is 0.422 e. The van der Waals surface area contributed by atoms with Crippen LogP contribution < -0.4 is 10.1 Å². The number of ether oxygens (including phenoxy) is 1. The lowest BCUT2D eigenvalue weighted by molar-refractivity contribution is -0.154. The van der Waals surface area contributed by atoms with Crippen LogP contribution >= 0.6 is 11.6 Å². The van der Waals surface area contributed by atoms with Crippen molar-refractivity contribution in [3.05, 3.63) is 34.7 Å². The molecule has 1 amide bonds. The highest BCUT2D eigenvalue weighted by Crippen LogP contribution is 2.30. The molecule has 1 aliphatic rings. The third kappa shape index (κ3) is 6.08. The summed E-state index contributed by atoms with van der Waals surface area (Å²) in [5.41, 5.74) is 0.284. The van der Waals surface area contributed by atoms with E-state index in [1.807, 2.05) is 0 Å². The maximum atomic E-state index is 12.3. The molecule has 1 aromatic heterocycles. The SMILES string of the molecule is CCC(=O)NC1=CC(C(=O)O)=NCN1C(C)c1cnc(OCC(F)(F)F)c(Cl)c1. The molecule has 2 N–H and O–H groups in total. The first-order chi connectivity index (χ1) is 13.5. The van der Waals surface area contributed by atoms with Crippen molar-refractivity contribution in [3.63, 3.8) is 0 Å². The molecule has 2 rings (SSSR count). The molecule has 12 heteroatoms. The smallest absolute Gasteiger partial charge is 0.422 e. The minimum absolute atomic E-state index is 0.0669. The van der Waals surface area contributed by atoms with E-state index in [4.69, 9.17) is 16.7 Å². The van der Waals surface area contributed by atoms with Crippen LogP contribution in [-0.2, 0) is 9.59 Å². The van der Waals surface area contributed by atoms with Crippen LogP contribution in [0.3, 0.4) is 0 Å². The van der Waals surface area contributed by atoms with Gasteiger partial charge in [0.1, 0.15) is 23.2 Å². The van der Waals surface area contributed by atoms with Gasteiger partial charge in [0.25, 0.3) is 0 Å². The molecule has 0 radical (unpaired) electrons. The minimum Gasteiger partial charge on any atom is -0.477 e. The Labute approximate surface area is 169 Å². The molecule has 0 saturated carbocycles. The lowest BCUT2D eigenvalue weighted by Crippen LogP contribution is -2.40. The van der Waals surface area contributed by atoms with E-state index in [1.54, 1.807) is 18.7 Å². The monoisotopic (exact) mass is 434 g/mol. The lowest BCUT2D eigenvalue weighted by Gasteiger charge is -2.34. The number of amides is 1. The molecule has 1 aromatic rings. The first-order valence-corrected chi connectivity index (χ1v) is 8.80. The molecule has 0 aliphatic carbocycles. The van der Waals surface area contributed by atoms with Crippen LogP contribution in [0.15, 0.2) is 29.2 Å².